The summed E-state index contributed by atoms with van der Waals surface area (Å²) in [4.78, 5) is 9.98. The minimum absolute atomic E-state index is 0.104. The fourth-order valence-electron chi connectivity index (χ4n) is 1.37. The summed E-state index contributed by atoms with van der Waals surface area (Å²) >= 11 is 0. The van der Waals surface area contributed by atoms with E-state index in [0.29, 0.717) is 5.56 Å². The second-order valence-corrected chi connectivity index (χ2v) is 3.42. The van der Waals surface area contributed by atoms with Gasteiger partial charge >= 0.3 is 0 Å². The number of aliphatic hydroxyl groups is 2. The number of non-ortho nitro benzene ring substituents is 1. The van der Waals surface area contributed by atoms with Crippen LogP contribution in [-0.4, -0.2) is 34.8 Å². The molecule has 0 aliphatic rings. The van der Waals surface area contributed by atoms with Gasteiger partial charge in [-0.3, -0.25) is 10.1 Å². The molecule has 16 heavy (non-hydrogen) atoms. The van der Waals surface area contributed by atoms with Crippen molar-refractivity contribution in [1.29, 1.82) is 0 Å². The third kappa shape index (κ3) is 2.99. The average Bonchev–Trinajstić information content (AvgIpc) is 2.28. The molecule has 0 spiro atoms. The van der Waals surface area contributed by atoms with E-state index in [9.17, 15) is 20.3 Å². The second kappa shape index (κ2) is 5.55. The van der Waals surface area contributed by atoms with Crippen LogP contribution in [0, 0.1) is 10.1 Å². The fraction of sp³-hybridized carbons (Fsp3) is 0.400. The normalized spacial score (nSPS) is 14.4. The number of nitro benzene ring substituents is 1. The second-order valence-electron chi connectivity index (χ2n) is 3.42. The Kier molecular flexibility index (Phi) is 4.36. The molecule has 0 radical (unpaired) electrons. The first-order chi connectivity index (χ1) is 7.56. The number of aliphatic hydroxyl groups excluding tert-OH is 2. The number of likely N-dealkylation sites (N-methyl/N-ethyl adjacent to an activating group) is 1. The lowest BCUT2D eigenvalue weighted by atomic mass is 10.0. The molecule has 0 aromatic heterocycles. The minimum Gasteiger partial charge on any atom is -0.389 e. The van der Waals surface area contributed by atoms with Gasteiger partial charge in [0.05, 0.1) is 11.0 Å². The maximum Gasteiger partial charge on any atom is 0.269 e. The van der Waals surface area contributed by atoms with Crippen molar-refractivity contribution in [3.05, 3.63) is 39.9 Å². The van der Waals surface area contributed by atoms with Crippen LogP contribution in [0.25, 0.3) is 0 Å². The van der Waals surface area contributed by atoms with Gasteiger partial charge in [0, 0.05) is 18.7 Å². The number of hydrogen-bond donors (Lipinski definition) is 3. The third-order valence-electron chi connectivity index (χ3n) is 2.20. The topological polar surface area (TPSA) is 95.6 Å². The van der Waals surface area contributed by atoms with Gasteiger partial charge in [0.1, 0.15) is 6.10 Å². The molecule has 0 bridgehead atoms. The monoisotopic (exact) mass is 226 g/mol. The van der Waals surface area contributed by atoms with Gasteiger partial charge in [-0.25, -0.2) is 0 Å². The summed E-state index contributed by atoms with van der Waals surface area (Å²) in [7, 11) is 1.64. The van der Waals surface area contributed by atoms with E-state index in [1.165, 1.54) is 24.3 Å². The highest BCUT2D eigenvalue weighted by atomic mass is 16.6. The third-order valence-corrected chi connectivity index (χ3v) is 2.20. The van der Waals surface area contributed by atoms with Crippen LogP contribution in [0.3, 0.4) is 0 Å². The van der Waals surface area contributed by atoms with E-state index >= 15 is 0 Å². The number of rotatable bonds is 5. The highest BCUT2D eigenvalue weighted by Crippen LogP contribution is 2.21. The minimum atomic E-state index is -1.13. The van der Waals surface area contributed by atoms with Crippen LogP contribution >= 0.6 is 0 Å². The van der Waals surface area contributed by atoms with Crippen LogP contribution in [0.4, 0.5) is 5.69 Å². The van der Waals surface area contributed by atoms with E-state index in [4.69, 9.17) is 0 Å². The molecule has 1 aromatic carbocycles. The van der Waals surface area contributed by atoms with Crippen LogP contribution < -0.4 is 5.32 Å². The van der Waals surface area contributed by atoms with Gasteiger partial charge in [-0.15, -0.1) is 0 Å². The predicted octanol–water partition coefficient (Wildman–Crippen LogP) is 0.208. The quantitative estimate of drug-likeness (QED) is 0.492. The largest absolute Gasteiger partial charge is 0.389 e. The van der Waals surface area contributed by atoms with Crippen LogP contribution in [-0.2, 0) is 0 Å². The molecule has 0 saturated heterocycles. The SMILES string of the molecule is CNCC(O)C(O)c1cccc([N+](=O)[O-])c1. The van der Waals surface area contributed by atoms with Gasteiger partial charge < -0.3 is 15.5 Å². The molecule has 2 atom stereocenters. The first-order valence-electron chi connectivity index (χ1n) is 4.81. The molecule has 0 saturated carbocycles. The number of hydrogen-bond acceptors (Lipinski definition) is 5. The Morgan fingerprint density at radius 3 is 2.75 bits per heavy atom. The van der Waals surface area contributed by atoms with Crippen LogP contribution in [0.15, 0.2) is 24.3 Å². The highest BCUT2D eigenvalue weighted by Gasteiger charge is 2.19. The maximum absolute atomic E-state index is 10.5. The van der Waals surface area contributed by atoms with Crippen LogP contribution in [0.2, 0.25) is 0 Å². The van der Waals surface area contributed by atoms with E-state index < -0.39 is 17.1 Å². The smallest absolute Gasteiger partial charge is 0.269 e. The van der Waals surface area contributed by atoms with Crippen molar-refractivity contribution in [1.82, 2.24) is 5.32 Å². The van der Waals surface area contributed by atoms with Gasteiger partial charge in [-0.1, -0.05) is 12.1 Å². The molecular weight excluding hydrogens is 212 g/mol. The van der Waals surface area contributed by atoms with E-state index in [2.05, 4.69) is 5.32 Å². The lowest BCUT2D eigenvalue weighted by Gasteiger charge is -2.17. The molecule has 3 N–H and O–H groups in total. The van der Waals surface area contributed by atoms with E-state index in [1.54, 1.807) is 7.05 Å². The standard InChI is InChI=1S/C10H14N2O4/c1-11-6-9(13)10(14)7-3-2-4-8(5-7)12(15)16/h2-5,9-11,13-14H,6H2,1H3. The van der Waals surface area contributed by atoms with Crippen LogP contribution in [0.1, 0.15) is 11.7 Å². The Labute approximate surface area is 92.7 Å². The molecule has 1 aromatic rings. The molecule has 0 fully saturated rings. The Balaban J connectivity index is 2.86. The zero-order valence-corrected chi connectivity index (χ0v) is 8.83. The van der Waals surface area contributed by atoms with Crippen molar-refractivity contribution >= 4 is 5.69 Å². The van der Waals surface area contributed by atoms with Crippen LogP contribution in [0.5, 0.6) is 0 Å². The van der Waals surface area contributed by atoms with Gasteiger partial charge in [0.25, 0.3) is 5.69 Å². The number of benzene rings is 1. The molecule has 2 unspecified atom stereocenters. The average molecular weight is 226 g/mol. The summed E-state index contributed by atoms with van der Waals surface area (Å²) in [5.41, 5.74) is 0.227. The molecule has 88 valence electrons. The van der Waals surface area contributed by atoms with Gasteiger partial charge in [-0.05, 0) is 12.6 Å². The zero-order chi connectivity index (χ0) is 12.1. The summed E-state index contributed by atoms with van der Waals surface area (Å²) in [6.07, 6.45) is -2.13. The zero-order valence-electron chi connectivity index (χ0n) is 8.83. The molecule has 0 amide bonds. The summed E-state index contributed by atoms with van der Waals surface area (Å²) in [5.74, 6) is 0. The van der Waals surface area contributed by atoms with Gasteiger partial charge in [0.2, 0.25) is 0 Å². The van der Waals surface area contributed by atoms with Gasteiger partial charge in [-0.2, -0.15) is 0 Å². The summed E-state index contributed by atoms with van der Waals surface area (Å²) < 4.78 is 0. The Morgan fingerprint density at radius 1 is 1.50 bits per heavy atom. The van der Waals surface area contributed by atoms with E-state index in [1.807, 2.05) is 0 Å². The molecule has 0 aliphatic carbocycles. The summed E-state index contributed by atoms with van der Waals surface area (Å²) in [6.45, 7) is 0.212. The van der Waals surface area contributed by atoms with Crippen molar-refractivity contribution in [3.8, 4) is 0 Å². The molecule has 6 heteroatoms. The predicted molar refractivity (Wildman–Crippen MR) is 58.0 cm³/mol. The highest BCUT2D eigenvalue weighted by molar-refractivity contribution is 5.35. The summed E-state index contributed by atoms with van der Waals surface area (Å²) in [5, 5.41) is 32.5. The van der Waals surface area contributed by atoms with E-state index in [0.717, 1.165) is 0 Å². The number of nitro groups is 1. The first kappa shape index (κ1) is 12.6. The Bertz CT molecular complexity index is 370. The van der Waals surface area contributed by atoms with Crippen molar-refractivity contribution in [2.75, 3.05) is 13.6 Å². The Hall–Kier alpha value is -1.50. The maximum atomic E-state index is 10.5. The lowest BCUT2D eigenvalue weighted by Crippen LogP contribution is -2.29. The molecule has 6 nitrogen and oxygen atoms in total. The van der Waals surface area contributed by atoms with Crippen molar-refractivity contribution < 1.29 is 15.1 Å². The molecule has 0 aliphatic heterocycles. The Morgan fingerprint density at radius 2 is 2.19 bits per heavy atom. The van der Waals surface area contributed by atoms with Crippen molar-refractivity contribution in [3.63, 3.8) is 0 Å². The summed E-state index contributed by atoms with van der Waals surface area (Å²) in [6, 6.07) is 5.60. The van der Waals surface area contributed by atoms with E-state index in [-0.39, 0.29) is 12.2 Å². The molecule has 1 rings (SSSR count). The number of nitrogens with one attached hydrogen (secondary N) is 1. The fourth-order valence-corrected chi connectivity index (χ4v) is 1.37. The first-order valence-corrected chi connectivity index (χ1v) is 4.81. The van der Waals surface area contributed by atoms with Crippen molar-refractivity contribution in [2.24, 2.45) is 0 Å². The van der Waals surface area contributed by atoms with Gasteiger partial charge in [0.15, 0.2) is 0 Å². The lowest BCUT2D eigenvalue weighted by molar-refractivity contribution is -0.385. The van der Waals surface area contributed by atoms with Crippen molar-refractivity contribution in [2.45, 2.75) is 12.2 Å². The molecular formula is C10H14N2O4. The number of nitrogens with zero attached hydrogens (tertiary/aromatic N) is 1. The molecule has 0 heterocycles.